The highest BCUT2D eigenvalue weighted by atomic mass is 16.2. The third kappa shape index (κ3) is 4.49. The van der Waals surface area contributed by atoms with Gasteiger partial charge in [-0.1, -0.05) is 6.92 Å². The average molecular weight is 488 g/mol. The Kier molecular flexibility index (Phi) is 6.18. The maximum atomic E-state index is 12.9. The second-order valence-corrected chi connectivity index (χ2v) is 10.3. The van der Waals surface area contributed by atoms with Gasteiger partial charge in [-0.3, -0.25) is 19.5 Å². The highest BCUT2D eigenvalue weighted by Gasteiger charge is 2.38. The summed E-state index contributed by atoms with van der Waals surface area (Å²) < 4.78 is 0. The summed E-state index contributed by atoms with van der Waals surface area (Å²) in [5.41, 5.74) is 5.06. The standard InChI is InChI=1S/C27H33N7O2/c1-2-19-10-24-25(31-26(19)35)9-18(11-29-24)15-32-5-7-33(8-6-32)22-3-4-23(30-14-22)27(36)34-16-20-12-28-13-21(20)17-34/h3-4,9-11,14,20-21,28H,2,5-8,12-13,15-17H2,1H3,(H,31,35)/t20-,21+. The predicted octanol–water partition coefficient (Wildman–Crippen LogP) is 1.49. The SMILES string of the molecule is CCc1cc2ncc(CN3CCN(c4ccc(C(=O)N5C[C@H]6CNC[C@H]6C5)nc4)CC3)cc2[nH]c1=O. The highest BCUT2D eigenvalue weighted by molar-refractivity contribution is 5.92. The van der Waals surface area contributed by atoms with E-state index in [-0.39, 0.29) is 11.5 Å². The molecule has 9 nitrogen and oxygen atoms in total. The molecule has 0 aromatic carbocycles. The van der Waals surface area contributed by atoms with Crippen LogP contribution in [0.3, 0.4) is 0 Å². The van der Waals surface area contributed by atoms with Gasteiger partial charge in [0.2, 0.25) is 0 Å². The number of likely N-dealkylation sites (tertiary alicyclic amines) is 1. The van der Waals surface area contributed by atoms with E-state index in [0.717, 1.165) is 86.8 Å². The van der Waals surface area contributed by atoms with Crippen LogP contribution >= 0.6 is 0 Å². The molecule has 2 N–H and O–H groups in total. The van der Waals surface area contributed by atoms with E-state index in [4.69, 9.17) is 0 Å². The summed E-state index contributed by atoms with van der Waals surface area (Å²) in [5.74, 6) is 1.23. The van der Waals surface area contributed by atoms with Crippen molar-refractivity contribution in [3.63, 3.8) is 0 Å². The minimum absolute atomic E-state index is 0.0285. The number of carbonyl (C=O) groups excluding carboxylic acids is 1. The van der Waals surface area contributed by atoms with Crippen molar-refractivity contribution in [2.45, 2.75) is 19.9 Å². The monoisotopic (exact) mass is 487 g/mol. The Morgan fingerprint density at radius 3 is 2.50 bits per heavy atom. The number of aryl methyl sites for hydroxylation is 1. The average Bonchev–Trinajstić information content (AvgIpc) is 3.51. The van der Waals surface area contributed by atoms with Gasteiger partial charge in [0.05, 0.1) is 22.9 Å². The summed E-state index contributed by atoms with van der Waals surface area (Å²) >= 11 is 0. The quantitative estimate of drug-likeness (QED) is 0.563. The molecule has 3 saturated heterocycles. The van der Waals surface area contributed by atoms with Gasteiger partial charge < -0.3 is 20.1 Å². The van der Waals surface area contributed by atoms with Gasteiger partial charge in [-0.2, -0.15) is 0 Å². The van der Waals surface area contributed by atoms with E-state index in [9.17, 15) is 9.59 Å². The van der Waals surface area contributed by atoms with E-state index < -0.39 is 0 Å². The summed E-state index contributed by atoms with van der Waals surface area (Å²) in [4.78, 5) is 43.9. The number of pyridine rings is 3. The lowest BCUT2D eigenvalue weighted by Gasteiger charge is -2.36. The fourth-order valence-electron chi connectivity index (χ4n) is 5.82. The van der Waals surface area contributed by atoms with Crippen LogP contribution in [0, 0.1) is 11.8 Å². The molecule has 0 aliphatic carbocycles. The van der Waals surface area contributed by atoms with Crippen LogP contribution in [0.2, 0.25) is 0 Å². The molecule has 0 bridgehead atoms. The molecule has 9 heteroatoms. The van der Waals surface area contributed by atoms with Gasteiger partial charge in [0.15, 0.2) is 0 Å². The number of fused-ring (bicyclic) bond motifs is 2. The van der Waals surface area contributed by atoms with Crippen LogP contribution in [0.5, 0.6) is 0 Å². The van der Waals surface area contributed by atoms with E-state index in [1.54, 1.807) is 0 Å². The maximum Gasteiger partial charge on any atom is 0.272 e. The molecule has 188 valence electrons. The Labute approximate surface area is 210 Å². The van der Waals surface area contributed by atoms with Crippen LogP contribution in [0.25, 0.3) is 11.0 Å². The summed E-state index contributed by atoms with van der Waals surface area (Å²) in [6, 6.07) is 7.83. The highest BCUT2D eigenvalue weighted by Crippen LogP contribution is 2.27. The first-order chi connectivity index (χ1) is 17.6. The van der Waals surface area contributed by atoms with Crippen LogP contribution in [0.15, 0.2) is 41.5 Å². The van der Waals surface area contributed by atoms with Crippen molar-refractivity contribution < 1.29 is 4.79 Å². The summed E-state index contributed by atoms with van der Waals surface area (Å²) in [7, 11) is 0. The molecule has 36 heavy (non-hydrogen) atoms. The van der Waals surface area contributed by atoms with Gasteiger partial charge in [-0.25, -0.2) is 4.98 Å². The lowest BCUT2D eigenvalue weighted by Crippen LogP contribution is -2.46. The molecule has 3 aromatic rings. The molecule has 0 radical (unpaired) electrons. The van der Waals surface area contributed by atoms with Crippen molar-refractivity contribution in [3.05, 3.63) is 63.8 Å². The number of H-pyrrole nitrogens is 1. The summed E-state index contributed by atoms with van der Waals surface area (Å²) in [6.45, 7) is 10.1. The molecule has 6 rings (SSSR count). The molecule has 1 amide bonds. The minimum Gasteiger partial charge on any atom is -0.368 e. The number of nitrogens with zero attached hydrogens (tertiary/aromatic N) is 5. The zero-order chi connectivity index (χ0) is 24.6. The number of hydrogen-bond donors (Lipinski definition) is 2. The van der Waals surface area contributed by atoms with Crippen molar-refractivity contribution in [1.82, 2.24) is 30.1 Å². The van der Waals surface area contributed by atoms with Crippen LogP contribution in [-0.4, -0.2) is 83.0 Å². The van der Waals surface area contributed by atoms with Crippen molar-refractivity contribution in [1.29, 1.82) is 0 Å². The Balaban J connectivity index is 1.04. The first-order valence-corrected chi connectivity index (χ1v) is 13.0. The van der Waals surface area contributed by atoms with Gasteiger partial charge in [0, 0.05) is 70.7 Å². The third-order valence-corrected chi connectivity index (χ3v) is 7.99. The Morgan fingerprint density at radius 2 is 1.81 bits per heavy atom. The van der Waals surface area contributed by atoms with E-state index in [0.29, 0.717) is 24.0 Å². The van der Waals surface area contributed by atoms with E-state index in [2.05, 4.69) is 30.1 Å². The second-order valence-electron chi connectivity index (χ2n) is 10.3. The first kappa shape index (κ1) is 23.1. The molecule has 0 saturated carbocycles. The van der Waals surface area contributed by atoms with E-state index >= 15 is 0 Å². The van der Waals surface area contributed by atoms with Crippen molar-refractivity contribution in [3.8, 4) is 0 Å². The zero-order valence-corrected chi connectivity index (χ0v) is 20.7. The number of carbonyl (C=O) groups is 1. The van der Waals surface area contributed by atoms with E-state index in [1.807, 2.05) is 48.5 Å². The first-order valence-electron chi connectivity index (χ1n) is 13.0. The Hall–Kier alpha value is -3.30. The molecule has 3 aliphatic rings. The van der Waals surface area contributed by atoms with Crippen molar-refractivity contribution >= 4 is 22.6 Å². The van der Waals surface area contributed by atoms with Gasteiger partial charge in [-0.15, -0.1) is 0 Å². The van der Waals surface area contributed by atoms with Crippen LogP contribution in [-0.2, 0) is 13.0 Å². The summed E-state index contributed by atoms with van der Waals surface area (Å²) in [5, 5.41) is 3.42. The van der Waals surface area contributed by atoms with Crippen molar-refractivity contribution in [2.24, 2.45) is 11.8 Å². The number of anilines is 1. The second kappa shape index (κ2) is 9.63. The van der Waals surface area contributed by atoms with Crippen LogP contribution < -0.4 is 15.8 Å². The smallest absolute Gasteiger partial charge is 0.272 e. The fraction of sp³-hybridized carbons (Fsp3) is 0.481. The number of piperazine rings is 1. The zero-order valence-electron chi connectivity index (χ0n) is 20.7. The molecular formula is C27H33N7O2. The van der Waals surface area contributed by atoms with Crippen molar-refractivity contribution in [2.75, 3.05) is 57.3 Å². The largest absolute Gasteiger partial charge is 0.368 e. The minimum atomic E-state index is -0.0285. The molecule has 6 heterocycles. The van der Waals surface area contributed by atoms with Gasteiger partial charge >= 0.3 is 0 Å². The molecule has 0 spiro atoms. The fourth-order valence-corrected chi connectivity index (χ4v) is 5.82. The molecule has 0 unspecified atom stereocenters. The van der Waals surface area contributed by atoms with Gasteiger partial charge in [0.1, 0.15) is 5.69 Å². The molecular weight excluding hydrogens is 454 g/mol. The van der Waals surface area contributed by atoms with Crippen LogP contribution in [0.1, 0.15) is 28.5 Å². The summed E-state index contributed by atoms with van der Waals surface area (Å²) in [6.07, 6.45) is 4.45. The molecule has 3 aliphatic heterocycles. The number of aromatic amines is 1. The predicted molar refractivity (Wildman–Crippen MR) is 139 cm³/mol. The molecule has 2 atom stereocenters. The lowest BCUT2D eigenvalue weighted by molar-refractivity contribution is 0.0776. The topological polar surface area (TPSA) is 97.5 Å². The van der Waals surface area contributed by atoms with Crippen LogP contribution in [0.4, 0.5) is 5.69 Å². The number of amides is 1. The number of nitrogens with one attached hydrogen (secondary N) is 2. The normalized spacial score (nSPS) is 22.4. The molecule has 3 fully saturated rings. The van der Waals surface area contributed by atoms with E-state index in [1.165, 1.54) is 0 Å². The molecule has 3 aromatic heterocycles. The van der Waals surface area contributed by atoms with Gasteiger partial charge in [0.25, 0.3) is 11.5 Å². The number of rotatable bonds is 5. The maximum absolute atomic E-state index is 12.9. The van der Waals surface area contributed by atoms with Gasteiger partial charge in [-0.05, 0) is 48.1 Å². The Bertz CT molecular complexity index is 1300. The third-order valence-electron chi connectivity index (χ3n) is 7.99. The lowest BCUT2D eigenvalue weighted by atomic mass is 10.0. The Morgan fingerprint density at radius 1 is 1.03 bits per heavy atom. The number of hydrogen-bond acceptors (Lipinski definition) is 7. The number of aromatic nitrogens is 3.